The predicted octanol–water partition coefficient (Wildman–Crippen LogP) is 6.28. The van der Waals surface area contributed by atoms with E-state index in [4.69, 9.17) is 16.3 Å². The minimum Gasteiger partial charge on any atom is -0.507 e. The highest BCUT2D eigenvalue weighted by atomic mass is 35.5. The number of Topliss-reactive ketones (excluding diaryl/α,β-unsaturated/α-hetero) is 1. The molecule has 1 aliphatic heterocycles. The molecule has 3 aromatic carbocycles. The van der Waals surface area contributed by atoms with Crippen LogP contribution in [0.4, 0.5) is 5.13 Å². The number of aliphatic hydroxyl groups excluding tert-OH is 1. The summed E-state index contributed by atoms with van der Waals surface area (Å²) in [4.78, 5) is 32.7. The van der Waals surface area contributed by atoms with Gasteiger partial charge in [0.15, 0.2) is 5.13 Å². The van der Waals surface area contributed by atoms with Gasteiger partial charge in [0.1, 0.15) is 11.5 Å². The first kappa shape index (κ1) is 23.1. The predicted molar refractivity (Wildman–Crippen MR) is 138 cm³/mol. The number of hydrogen-bond acceptors (Lipinski definition) is 6. The van der Waals surface area contributed by atoms with Crippen LogP contribution in [-0.4, -0.2) is 28.4 Å². The topological polar surface area (TPSA) is 79.7 Å². The van der Waals surface area contributed by atoms with Gasteiger partial charge in [0.25, 0.3) is 5.78 Å². The highest BCUT2D eigenvalue weighted by Crippen LogP contribution is 2.44. The van der Waals surface area contributed by atoms with Crippen molar-refractivity contribution in [3.05, 3.63) is 94.0 Å². The van der Waals surface area contributed by atoms with Crippen LogP contribution in [0.2, 0.25) is 5.02 Å². The highest BCUT2D eigenvalue weighted by Gasteiger charge is 2.48. The molecule has 1 atom stereocenters. The fourth-order valence-electron chi connectivity index (χ4n) is 4.14. The average molecular weight is 505 g/mol. The molecule has 5 rings (SSSR count). The molecule has 0 radical (unpaired) electrons. The first-order valence-corrected chi connectivity index (χ1v) is 12.2. The van der Waals surface area contributed by atoms with Crippen molar-refractivity contribution in [1.29, 1.82) is 0 Å². The molecule has 35 heavy (non-hydrogen) atoms. The number of aromatic nitrogens is 1. The summed E-state index contributed by atoms with van der Waals surface area (Å²) in [5, 5.41) is 12.2. The standard InChI is InChI=1S/C27H21ClN2O4S/c1-3-34-19-11-7-17(8-12-19)24(31)22-23(16-5-9-18(28)10-6-16)30(26(33)25(22)32)27-29-20-13-4-15(2)14-21(20)35-27/h4-14,23,31H,3H2,1-2H3/t23-/m1/s1. The van der Waals surface area contributed by atoms with Gasteiger partial charge >= 0.3 is 5.91 Å². The molecule has 1 amide bonds. The number of thiazole rings is 1. The lowest BCUT2D eigenvalue weighted by atomic mass is 9.95. The lowest BCUT2D eigenvalue weighted by Gasteiger charge is -2.23. The van der Waals surface area contributed by atoms with E-state index < -0.39 is 17.7 Å². The normalized spacial score (nSPS) is 17.3. The van der Waals surface area contributed by atoms with Crippen LogP contribution in [0, 0.1) is 6.92 Å². The van der Waals surface area contributed by atoms with Crippen LogP contribution in [-0.2, 0) is 9.59 Å². The molecule has 4 aromatic rings. The Kier molecular flexibility index (Phi) is 6.05. The summed E-state index contributed by atoms with van der Waals surface area (Å²) in [7, 11) is 0. The Morgan fingerprint density at radius 3 is 2.49 bits per heavy atom. The number of ketones is 1. The third-order valence-corrected chi connectivity index (χ3v) is 7.08. The third kappa shape index (κ3) is 4.17. The molecule has 8 heteroatoms. The van der Waals surface area contributed by atoms with Crippen LogP contribution in [0.25, 0.3) is 16.0 Å². The van der Waals surface area contributed by atoms with Crippen LogP contribution < -0.4 is 9.64 Å². The maximum atomic E-state index is 13.3. The van der Waals surface area contributed by atoms with Crippen LogP contribution in [0.5, 0.6) is 5.75 Å². The number of ether oxygens (including phenoxy) is 1. The maximum Gasteiger partial charge on any atom is 0.301 e. The molecule has 0 saturated carbocycles. The summed E-state index contributed by atoms with van der Waals surface area (Å²) in [5.74, 6) is -1.13. The zero-order valence-corrected chi connectivity index (χ0v) is 20.6. The Balaban J connectivity index is 1.68. The Morgan fingerprint density at radius 2 is 1.80 bits per heavy atom. The molecule has 6 nitrogen and oxygen atoms in total. The SMILES string of the molecule is CCOc1ccc(C(O)=C2C(=O)C(=O)N(c3nc4ccc(C)cc4s3)[C@@H]2c2ccc(Cl)cc2)cc1. The van der Waals surface area contributed by atoms with E-state index >= 15 is 0 Å². The zero-order chi connectivity index (χ0) is 24.7. The average Bonchev–Trinajstić information content (AvgIpc) is 3.37. The first-order valence-electron chi connectivity index (χ1n) is 11.0. The number of halogens is 1. The Morgan fingerprint density at radius 1 is 1.09 bits per heavy atom. The molecule has 176 valence electrons. The van der Waals surface area contributed by atoms with E-state index in [1.165, 1.54) is 16.2 Å². The van der Waals surface area contributed by atoms with Crippen molar-refractivity contribution in [2.45, 2.75) is 19.9 Å². The minimum absolute atomic E-state index is 0.00285. The molecule has 2 heterocycles. The van der Waals surface area contributed by atoms with Gasteiger partial charge in [0.2, 0.25) is 0 Å². The van der Waals surface area contributed by atoms with Gasteiger partial charge in [-0.15, -0.1) is 0 Å². The van der Waals surface area contributed by atoms with Gasteiger partial charge in [-0.2, -0.15) is 0 Å². The lowest BCUT2D eigenvalue weighted by molar-refractivity contribution is -0.132. The molecule has 0 unspecified atom stereocenters. The number of hydrogen-bond donors (Lipinski definition) is 1. The first-order chi connectivity index (χ1) is 16.9. The molecule has 0 spiro atoms. The molecule has 0 bridgehead atoms. The number of aliphatic hydroxyl groups is 1. The zero-order valence-electron chi connectivity index (χ0n) is 19.0. The van der Waals surface area contributed by atoms with Gasteiger partial charge < -0.3 is 9.84 Å². The monoisotopic (exact) mass is 504 g/mol. The van der Waals surface area contributed by atoms with E-state index in [9.17, 15) is 14.7 Å². The summed E-state index contributed by atoms with van der Waals surface area (Å²) in [5.41, 5.74) is 2.84. The van der Waals surface area contributed by atoms with Gasteiger partial charge in [-0.3, -0.25) is 14.5 Å². The molecular weight excluding hydrogens is 484 g/mol. The van der Waals surface area contributed by atoms with Crippen molar-refractivity contribution in [1.82, 2.24) is 4.98 Å². The van der Waals surface area contributed by atoms with E-state index in [2.05, 4.69) is 4.98 Å². The van der Waals surface area contributed by atoms with Crippen LogP contribution in [0.3, 0.4) is 0 Å². The van der Waals surface area contributed by atoms with E-state index in [1.807, 2.05) is 32.0 Å². The fourth-order valence-corrected chi connectivity index (χ4v) is 5.36. The summed E-state index contributed by atoms with van der Waals surface area (Å²) >= 11 is 7.43. The number of benzene rings is 3. The second-order valence-electron chi connectivity index (χ2n) is 8.15. The number of rotatable bonds is 5. The van der Waals surface area contributed by atoms with Gasteiger partial charge in [0, 0.05) is 10.6 Å². The number of amides is 1. The second kappa shape index (κ2) is 9.17. The third-order valence-electron chi connectivity index (χ3n) is 5.81. The van der Waals surface area contributed by atoms with Gasteiger partial charge in [-0.05, 0) is 73.5 Å². The number of fused-ring (bicyclic) bond motifs is 1. The lowest BCUT2D eigenvalue weighted by Crippen LogP contribution is -2.29. The van der Waals surface area contributed by atoms with E-state index in [0.717, 1.165) is 15.8 Å². The van der Waals surface area contributed by atoms with Crippen molar-refractivity contribution < 1.29 is 19.4 Å². The fraction of sp³-hybridized carbons (Fsp3) is 0.148. The van der Waals surface area contributed by atoms with E-state index in [1.54, 1.807) is 48.5 Å². The van der Waals surface area contributed by atoms with Crippen molar-refractivity contribution >= 4 is 55.7 Å². The number of carbonyl (C=O) groups excluding carboxylic acids is 2. The molecule has 1 fully saturated rings. The number of anilines is 1. The molecule has 1 aromatic heterocycles. The Labute approximate surface area is 211 Å². The van der Waals surface area contributed by atoms with Crippen molar-refractivity contribution in [3.63, 3.8) is 0 Å². The maximum absolute atomic E-state index is 13.3. The van der Waals surface area contributed by atoms with Crippen molar-refractivity contribution in [2.75, 3.05) is 11.5 Å². The molecule has 1 N–H and O–H groups in total. The van der Waals surface area contributed by atoms with Crippen molar-refractivity contribution in [2.24, 2.45) is 0 Å². The Hall–Kier alpha value is -3.68. The quantitative estimate of drug-likeness (QED) is 0.196. The summed E-state index contributed by atoms with van der Waals surface area (Å²) in [6, 6.07) is 18.6. The molecular formula is C27H21ClN2O4S. The minimum atomic E-state index is -0.861. The number of aryl methyl sites for hydroxylation is 1. The molecule has 1 saturated heterocycles. The van der Waals surface area contributed by atoms with E-state index in [-0.39, 0.29) is 11.3 Å². The molecule has 0 aliphatic carbocycles. The summed E-state index contributed by atoms with van der Waals surface area (Å²) in [6.07, 6.45) is 0. The van der Waals surface area contributed by atoms with Crippen molar-refractivity contribution in [3.8, 4) is 5.75 Å². The van der Waals surface area contributed by atoms with Crippen LogP contribution in [0.15, 0.2) is 72.3 Å². The molecule has 1 aliphatic rings. The number of carbonyl (C=O) groups is 2. The second-order valence-corrected chi connectivity index (χ2v) is 9.59. The van der Waals surface area contributed by atoms with Crippen LogP contribution in [0.1, 0.15) is 29.7 Å². The van der Waals surface area contributed by atoms with Gasteiger partial charge in [-0.1, -0.05) is 41.1 Å². The summed E-state index contributed by atoms with van der Waals surface area (Å²) in [6.45, 7) is 4.37. The summed E-state index contributed by atoms with van der Waals surface area (Å²) < 4.78 is 6.38. The van der Waals surface area contributed by atoms with Crippen LogP contribution >= 0.6 is 22.9 Å². The largest absolute Gasteiger partial charge is 0.507 e. The van der Waals surface area contributed by atoms with E-state index in [0.29, 0.717) is 33.6 Å². The van der Waals surface area contributed by atoms with Gasteiger partial charge in [-0.25, -0.2) is 4.98 Å². The highest BCUT2D eigenvalue weighted by molar-refractivity contribution is 7.22. The smallest absolute Gasteiger partial charge is 0.301 e. The number of nitrogens with zero attached hydrogens (tertiary/aromatic N) is 2. The Bertz CT molecular complexity index is 1480. The van der Waals surface area contributed by atoms with Gasteiger partial charge in [0.05, 0.1) is 28.4 Å².